The third-order valence-electron chi connectivity index (χ3n) is 6.12. The van der Waals surface area contributed by atoms with Gasteiger partial charge in [0.15, 0.2) is 5.60 Å². The molecule has 0 spiro atoms. The molecule has 3 rings (SSSR count). The maximum atomic E-state index is 13.1. The molecule has 5 heteroatoms. The van der Waals surface area contributed by atoms with Crippen molar-refractivity contribution in [2.24, 2.45) is 0 Å². The molecule has 1 amide bonds. The number of amides is 1. The highest BCUT2D eigenvalue weighted by atomic mass is 16.3. The van der Waals surface area contributed by atoms with Crippen LogP contribution in [0.15, 0.2) is 24.3 Å². The first kappa shape index (κ1) is 20.3. The van der Waals surface area contributed by atoms with Gasteiger partial charge in [0, 0.05) is 45.8 Å². The smallest absolute Gasteiger partial charge is 0.256 e. The van der Waals surface area contributed by atoms with Crippen LogP contribution < -0.4 is 0 Å². The van der Waals surface area contributed by atoms with Crippen molar-refractivity contribution in [1.29, 1.82) is 0 Å². The van der Waals surface area contributed by atoms with Gasteiger partial charge in [0.2, 0.25) is 0 Å². The quantitative estimate of drug-likeness (QED) is 0.831. The maximum absolute atomic E-state index is 13.1. The Morgan fingerprint density at radius 2 is 1.67 bits per heavy atom. The van der Waals surface area contributed by atoms with Crippen LogP contribution in [0.1, 0.15) is 50.7 Å². The van der Waals surface area contributed by atoms with Crippen LogP contribution in [0.5, 0.6) is 0 Å². The molecule has 0 aromatic heterocycles. The van der Waals surface area contributed by atoms with Crippen LogP contribution >= 0.6 is 0 Å². The molecule has 0 radical (unpaired) electrons. The zero-order valence-corrected chi connectivity index (χ0v) is 17.2. The molecule has 0 saturated carbocycles. The summed E-state index contributed by atoms with van der Waals surface area (Å²) in [5.41, 5.74) is 1.21. The minimum Gasteiger partial charge on any atom is -0.379 e. The van der Waals surface area contributed by atoms with Crippen molar-refractivity contribution in [2.45, 2.75) is 51.7 Å². The Hall–Kier alpha value is -1.43. The molecule has 1 aromatic carbocycles. The van der Waals surface area contributed by atoms with E-state index in [1.54, 1.807) is 0 Å². The van der Waals surface area contributed by atoms with Crippen LogP contribution in [0.25, 0.3) is 0 Å². The van der Waals surface area contributed by atoms with Crippen molar-refractivity contribution in [2.75, 3.05) is 45.8 Å². The highest BCUT2D eigenvalue weighted by molar-refractivity contribution is 5.86. The number of nitrogens with zero attached hydrogens (tertiary/aromatic N) is 3. The number of hydrogen-bond acceptors (Lipinski definition) is 4. The largest absolute Gasteiger partial charge is 0.379 e. The fourth-order valence-corrected chi connectivity index (χ4v) is 4.22. The summed E-state index contributed by atoms with van der Waals surface area (Å²) in [6, 6.07) is 8.52. The maximum Gasteiger partial charge on any atom is 0.256 e. The van der Waals surface area contributed by atoms with Gasteiger partial charge in [-0.15, -0.1) is 0 Å². The Labute approximate surface area is 163 Å². The molecular formula is C22H35N3O2. The van der Waals surface area contributed by atoms with Crippen molar-refractivity contribution < 1.29 is 9.90 Å². The number of carbonyl (C=O) groups is 1. The van der Waals surface area contributed by atoms with Crippen molar-refractivity contribution in [3.05, 3.63) is 35.4 Å². The molecule has 0 aliphatic carbocycles. The van der Waals surface area contributed by atoms with Gasteiger partial charge in [-0.05, 0) is 36.4 Å². The van der Waals surface area contributed by atoms with E-state index in [2.05, 4.69) is 54.8 Å². The number of piperazine rings is 1. The molecule has 2 heterocycles. The molecule has 2 fully saturated rings. The van der Waals surface area contributed by atoms with Crippen molar-refractivity contribution in [1.82, 2.24) is 14.7 Å². The zero-order chi connectivity index (χ0) is 19.4. The number of carbonyl (C=O) groups excluding carboxylic acids is 1. The van der Waals surface area contributed by atoms with E-state index in [4.69, 9.17) is 0 Å². The topological polar surface area (TPSA) is 47.0 Å². The average Bonchev–Trinajstić information content (AvgIpc) is 2.67. The van der Waals surface area contributed by atoms with Gasteiger partial charge < -0.3 is 14.9 Å². The highest BCUT2D eigenvalue weighted by Gasteiger charge is 2.43. The minimum absolute atomic E-state index is 0.0976. The summed E-state index contributed by atoms with van der Waals surface area (Å²) in [6.07, 6.45) is 1.43. The highest BCUT2D eigenvalue weighted by Crippen LogP contribution is 2.26. The first-order valence-electron chi connectivity index (χ1n) is 10.5. The predicted octanol–water partition coefficient (Wildman–Crippen LogP) is 2.30. The lowest BCUT2D eigenvalue weighted by Gasteiger charge is -2.43. The van der Waals surface area contributed by atoms with E-state index in [-0.39, 0.29) is 5.91 Å². The van der Waals surface area contributed by atoms with Gasteiger partial charge in [0.1, 0.15) is 0 Å². The Kier molecular flexibility index (Phi) is 6.56. The summed E-state index contributed by atoms with van der Waals surface area (Å²) >= 11 is 0. The van der Waals surface area contributed by atoms with Gasteiger partial charge in [-0.2, -0.15) is 0 Å². The third-order valence-corrected chi connectivity index (χ3v) is 6.12. The molecule has 27 heavy (non-hydrogen) atoms. The van der Waals surface area contributed by atoms with Gasteiger partial charge in [-0.3, -0.25) is 9.69 Å². The average molecular weight is 374 g/mol. The first-order chi connectivity index (χ1) is 12.9. The number of benzene rings is 1. The Balaban J connectivity index is 1.60. The number of piperidine rings is 1. The monoisotopic (exact) mass is 373 g/mol. The first-order valence-corrected chi connectivity index (χ1v) is 10.5. The Morgan fingerprint density at radius 1 is 1.04 bits per heavy atom. The van der Waals surface area contributed by atoms with Crippen LogP contribution in [-0.2, 0) is 11.3 Å². The second kappa shape index (κ2) is 8.72. The van der Waals surface area contributed by atoms with E-state index in [0.717, 1.165) is 51.3 Å². The second-order valence-corrected chi connectivity index (χ2v) is 8.47. The Morgan fingerprint density at radius 3 is 2.26 bits per heavy atom. The Bertz CT molecular complexity index is 623. The van der Waals surface area contributed by atoms with E-state index < -0.39 is 5.60 Å². The lowest BCUT2D eigenvalue weighted by molar-refractivity contribution is -0.160. The van der Waals surface area contributed by atoms with Crippen molar-refractivity contribution >= 4 is 5.91 Å². The SMILES string of the molecule is CCN1CCN(C[C@]2(O)CCCN(Cc3ccc(C(C)C)cc3)C2=O)CC1. The molecule has 2 aliphatic heterocycles. The van der Waals surface area contributed by atoms with Crippen LogP contribution in [0, 0.1) is 0 Å². The van der Waals surface area contributed by atoms with Crippen molar-refractivity contribution in [3.8, 4) is 0 Å². The number of hydrogen-bond donors (Lipinski definition) is 1. The van der Waals surface area contributed by atoms with Gasteiger partial charge >= 0.3 is 0 Å². The standard InChI is InChI=1S/C22H35N3O2/c1-4-23-12-14-24(15-13-23)17-22(27)10-5-11-25(21(22)26)16-19-6-8-20(9-7-19)18(2)3/h6-9,18,27H,4-5,10-17H2,1-3H3/t22-/m1/s1. The number of rotatable bonds is 6. The number of likely N-dealkylation sites (N-methyl/N-ethyl adjacent to an activating group) is 1. The molecule has 0 bridgehead atoms. The summed E-state index contributed by atoms with van der Waals surface area (Å²) in [5.74, 6) is 0.411. The number of aliphatic hydroxyl groups is 1. The van der Waals surface area contributed by atoms with Gasteiger partial charge in [0.25, 0.3) is 5.91 Å². The van der Waals surface area contributed by atoms with Crippen LogP contribution in [0.4, 0.5) is 0 Å². The van der Waals surface area contributed by atoms with Gasteiger partial charge in [0.05, 0.1) is 0 Å². The van der Waals surface area contributed by atoms with Crippen LogP contribution in [0.2, 0.25) is 0 Å². The van der Waals surface area contributed by atoms with Gasteiger partial charge in [-0.1, -0.05) is 45.0 Å². The molecule has 1 aromatic rings. The van der Waals surface area contributed by atoms with Crippen LogP contribution in [0.3, 0.4) is 0 Å². The second-order valence-electron chi connectivity index (χ2n) is 8.47. The molecule has 2 aliphatic rings. The molecular weight excluding hydrogens is 338 g/mol. The molecule has 150 valence electrons. The van der Waals surface area contributed by atoms with E-state index >= 15 is 0 Å². The fourth-order valence-electron chi connectivity index (χ4n) is 4.22. The molecule has 5 nitrogen and oxygen atoms in total. The molecule has 1 N–H and O–H groups in total. The summed E-state index contributed by atoms with van der Waals surface area (Å²) in [5, 5.41) is 11.1. The van der Waals surface area contributed by atoms with E-state index in [1.807, 2.05) is 4.90 Å². The zero-order valence-electron chi connectivity index (χ0n) is 17.2. The minimum atomic E-state index is -1.23. The summed E-state index contributed by atoms with van der Waals surface area (Å²) in [4.78, 5) is 19.6. The predicted molar refractivity (Wildman–Crippen MR) is 109 cm³/mol. The van der Waals surface area contributed by atoms with E-state index in [0.29, 0.717) is 25.4 Å². The molecule has 0 unspecified atom stereocenters. The molecule has 2 saturated heterocycles. The van der Waals surface area contributed by atoms with E-state index in [1.165, 1.54) is 5.56 Å². The van der Waals surface area contributed by atoms with Gasteiger partial charge in [-0.25, -0.2) is 0 Å². The van der Waals surface area contributed by atoms with Crippen molar-refractivity contribution in [3.63, 3.8) is 0 Å². The normalized spacial score (nSPS) is 25.4. The van der Waals surface area contributed by atoms with Crippen LogP contribution in [-0.4, -0.2) is 77.1 Å². The lowest BCUT2D eigenvalue weighted by atomic mass is 9.90. The third kappa shape index (κ3) is 4.89. The number of β-amino-alcohol motifs (C(OH)–C–C–N with tert-alkyl or cyclic N) is 1. The fraction of sp³-hybridized carbons (Fsp3) is 0.682. The molecule has 1 atom stereocenters. The summed E-state index contributed by atoms with van der Waals surface area (Å²) in [7, 11) is 0. The summed E-state index contributed by atoms with van der Waals surface area (Å²) in [6.45, 7) is 13.3. The van der Waals surface area contributed by atoms with E-state index in [9.17, 15) is 9.90 Å². The summed E-state index contributed by atoms with van der Waals surface area (Å²) < 4.78 is 0. The lowest BCUT2D eigenvalue weighted by Crippen LogP contribution is -2.60. The number of likely N-dealkylation sites (tertiary alicyclic amines) is 1.